The van der Waals surface area contributed by atoms with E-state index in [0.29, 0.717) is 31.9 Å². The molecule has 6 rings (SSSR count). The molecule has 5 atom stereocenters. The summed E-state index contributed by atoms with van der Waals surface area (Å²) < 4.78 is 49.2. The van der Waals surface area contributed by atoms with Crippen molar-refractivity contribution in [3.05, 3.63) is 16.1 Å². The number of fused-ring (bicyclic) bond motifs is 4. The summed E-state index contributed by atoms with van der Waals surface area (Å²) in [5, 5.41) is -0.302. The van der Waals surface area contributed by atoms with Gasteiger partial charge in [-0.1, -0.05) is 44.0 Å². The summed E-state index contributed by atoms with van der Waals surface area (Å²) in [5.74, 6) is -0.498. The molecule has 0 unspecified atom stereocenters. The average Bonchev–Trinajstić information content (AvgIpc) is 3.61. The van der Waals surface area contributed by atoms with Crippen molar-refractivity contribution in [1.82, 2.24) is 24.8 Å². The molecule has 0 radical (unpaired) electrons. The fourth-order valence-corrected chi connectivity index (χ4v) is 9.08. The zero-order valence-electron chi connectivity index (χ0n) is 29.2. The molecule has 2 aromatic heterocycles. The third-order valence-electron chi connectivity index (χ3n) is 11.0. The fourth-order valence-electron chi connectivity index (χ4n) is 7.58. The van der Waals surface area contributed by atoms with Gasteiger partial charge >= 0.3 is 12.1 Å². The Balaban J connectivity index is 1.42. The second kappa shape index (κ2) is 12.6. The first kappa shape index (κ1) is 35.8. The van der Waals surface area contributed by atoms with E-state index >= 15 is 4.39 Å². The standard InChI is InChI=1S/C33H48Cl2F2N6O4Si/c1-31(2,3)47-30(44)43-20-10-11-21(43)22(17-46-48(7,8)32(4,5)6)42(16-20)28-23-25(24(37)27(35)39-26(23)34)38-29(40-28)45-18-33-12-9-13-41(33)15-19(36)14-33/h19-22H,9-18H2,1-8H3/t19-,20-,21+,22-,33+/m1/s1. The van der Waals surface area contributed by atoms with E-state index in [4.69, 9.17) is 42.1 Å². The third-order valence-corrected chi connectivity index (χ3v) is 16.0. The van der Waals surface area contributed by atoms with Gasteiger partial charge in [0.05, 0.1) is 35.7 Å². The van der Waals surface area contributed by atoms with Crippen molar-refractivity contribution in [1.29, 1.82) is 0 Å². The molecule has 1 amide bonds. The van der Waals surface area contributed by atoms with E-state index in [-0.39, 0.29) is 57.9 Å². The molecule has 4 aliphatic heterocycles. The summed E-state index contributed by atoms with van der Waals surface area (Å²) in [4.78, 5) is 33.1. The van der Waals surface area contributed by atoms with Crippen LogP contribution in [0, 0.1) is 5.82 Å². The second-order valence-electron chi connectivity index (χ2n) is 16.4. The number of pyridine rings is 1. The van der Waals surface area contributed by atoms with E-state index in [1.807, 2.05) is 25.7 Å². The third kappa shape index (κ3) is 6.58. The topological polar surface area (TPSA) is 93.1 Å². The maximum absolute atomic E-state index is 15.8. The predicted molar refractivity (Wildman–Crippen MR) is 185 cm³/mol. The Bertz CT molecular complexity index is 1580. The number of anilines is 1. The normalized spacial score (nSPS) is 28.0. The van der Waals surface area contributed by atoms with Gasteiger partial charge in [-0.25, -0.2) is 18.6 Å². The van der Waals surface area contributed by atoms with Crippen molar-refractivity contribution in [2.24, 2.45) is 0 Å². The highest BCUT2D eigenvalue weighted by molar-refractivity contribution is 6.74. The van der Waals surface area contributed by atoms with E-state index in [1.54, 1.807) is 0 Å². The van der Waals surface area contributed by atoms with Gasteiger partial charge in [0.15, 0.2) is 19.3 Å². The van der Waals surface area contributed by atoms with Gasteiger partial charge in [-0.15, -0.1) is 0 Å². The summed E-state index contributed by atoms with van der Waals surface area (Å²) in [5.41, 5.74) is -1.23. The number of carbonyl (C=O) groups is 1. The molecule has 266 valence electrons. The van der Waals surface area contributed by atoms with Gasteiger partial charge in [0.25, 0.3) is 0 Å². The molecule has 4 saturated heterocycles. The number of alkyl halides is 1. The predicted octanol–water partition coefficient (Wildman–Crippen LogP) is 7.40. The summed E-state index contributed by atoms with van der Waals surface area (Å²) in [7, 11) is -2.24. The Hall–Kier alpha value is -2.06. The smallest absolute Gasteiger partial charge is 0.410 e. The van der Waals surface area contributed by atoms with E-state index in [2.05, 4.69) is 53.6 Å². The Morgan fingerprint density at radius 3 is 2.48 bits per heavy atom. The maximum atomic E-state index is 15.8. The molecule has 2 bridgehead atoms. The van der Waals surface area contributed by atoms with Crippen LogP contribution in [0.5, 0.6) is 6.01 Å². The highest BCUT2D eigenvalue weighted by Gasteiger charge is 2.52. The molecule has 0 spiro atoms. The zero-order chi connectivity index (χ0) is 35.0. The molecule has 0 N–H and O–H groups in total. The first-order valence-corrected chi connectivity index (χ1v) is 20.6. The van der Waals surface area contributed by atoms with Crippen LogP contribution in [-0.2, 0) is 9.16 Å². The fraction of sp³-hybridized carbons (Fsp3) is 0.758. The van der Waals surface area contributed by atoms with Gasteiger partial charge in [0.1, 0.15) is 34.9 Å². The van der Waals surface area contributed by atoms with Crippen molar-refractivity contribution in [2.45, 2.75) is 127 Å². The van der Waals surface area contributed by atoms with Crippen LogP contribution in [0.4, 0.5) is 19.4 Å². The first-order chi connectivity index (χ1) is 22.3. The lowest BCUT2D eigenvalue weighted by molar-refractivity contribution is 0.00490. The van der Waals surface area contributed by atoms with Gasteiger partial charge in [0.2, 0.25) is 0 Å². The van der Waals surface area contributed by atoms with E-state index in [0.717, 1.165) is 32.2 Å². The van der Waals surface area contributed by atoms with Gasteiger partial charge in [-0.2, -0.15) is 9.97 Å². The van der Waals surface area contributed by atoms with Crippen LogP contribution in [0.3, 0.4) is 0 Å². The molecule has 10 nitrogen and oxygen atoms in total. The van der Waals surface area contributed by atoms with Gasteiger partial charge < -0.3 is 18.8 Å². The molecule has 0 saturated carbocycles. The lowest BCUT2D eigenvalue weighted by Crippen LogP contribution is -2.64. The first-order valence-electron chi connectivity index (χ1n) is 17.0. The van der Waals surface area contributed by atoms with E-state index in [9.17, 15) is 9.18 Å². The van der Waals surface area contributed by atoms with Crippen LogP contribution < -0.4 is 9.64 Å². The van der Waals surface area contributed by atoms with E-state index in [1.165, 1.54) is 0 Å². The summed E-state index contributed by atoms with van der Waals surface area (Å²) in [6, 6.07) is -0.896. The van der Waals surface area contributed by atoms with Crippen LogP contribution in [0.25, 0.3) is 10.9 Å². The summed E-state index contributed by atoms with van der Waals surface area (Å²) in [6.07, 6.45) is 2.29. The number of nitrogens with zero attached hydrogens (tertiary/aromatic N) is 6. The Morgan fingerprint density at radius 2 is 1.79 bits per heavy atom. The zero-order valence-corrected chi connectivity index (χ0v) is 31.7. The van der Waals surface area contributed by atoms with Crippen LogP contribution >= 0.6 is 23.2 Å². The molecule has 0 aromatic carbocycles. The van der Waals surface area contributed by atoms with Crippen molar-refractivity contribution < 1.29 is 27.5 Å². The molecule has 48 heavy (non-hydrogen) atoms. The van der Waals surface area contributed by atoms with Crippen molar-refractivity contribution in [3.63, 3.8) is 0 Å². The number of aromatic nitrogens is 3. The van der Waals surface area contributed by atoms with Crippen molar-refractivity contribution in [3.8, 4) is 6.01 Å². The van der Waals surface area contributed by atoms with Crippen molar-refractivity contribution >= 4 is 54.3 Å². The summed E-state index contributed by atoms with van der Waals surface area (Å²) in [6.45, 7) is 18.5. The monoisotopic (exact) mass is 728 g/mol. The van der Waals surface area contributed by atoms with Crippen LogP contribution in [-0.4, -0.2) is 107 Å². The Morgan fingerprint density at radius 1 is 1.06 bits per heavy atom. The highest BCUT2D eigenvalue weighted by atomic mass is 35.5. The lowest BCUT2D eigenvalue weighted by Gasteiger charge is -2.48. The average molecular weight is 730 g/mol. The number of ether oxygens (including phenoxy) is 2. The number of piperazine rings is 1. The SMILES string of the molecule is CC(C)(C)OC(=O)N1[C@@H]2CC[C@H]1[C@@H](CO[Si](C)(C)C(C)(C)C)N(c1nc(OC[C@@]34CCCN3C[C@H](F)C4)nc3c(F)c(Cl)nc(Cl)c13)C2. The maximum Gasteiger partial charge on any atom is 0.410 e. The number of carbonyl (C=O) groups excluding carboxylic acids is 1. The van der Waals surface area contributed by atoms with E-state index < -0.39 is 36.6 Å². The number of halogens is 4. The summed E-state index contributed by atoms with van der Waals surface area (Å²) >= 11 is 12.9. The van der Waals surface area contributed by atoms with Gasteiger partial charge in [-0.05, 0) is 71.1 Å². The number of rotatable bonds is 7. The van der Waals surface area contributed by atoms with Crippen LogP contribution in [0.1, 0.15) is 73.6 Å². The van der Waals surface area contributed by atoms with Crippen molar-refractivity contribution in [2.75, 3.05) is 37.7 Å². The minimum Gasteiger partial charge on any atom is -0.461 e. The molecular formula is C33H48Cl2F2N6O4Si. The second-order valence-corrected chi connectivity index (χ2v) is 21.9. The largest absolute Gasteiger partial charge is 0.461 e. The van der Waals surface area contributed by atoms with Crippen LogP contribution in [0.15, 0.2) is 0 Å². The van der Waals surface area contributed by atoms with Gasteiger partial charge in [0, 0.05) is 19.5 Å². The molecule has 15 heteroatoms. The lowest BCUT2D eigenvalue weighted by atomic mass is 9.95. The Kier molecular flexibility index (Phi) is 9.39. The van der Waals surface area contributed by atoms with Gasteiger partial charge in [-0.3, -0.25) is 9.80 Å². The molecule has 6 heterocycles. The molecule has 4 aliphatic rings. The Labute approximate surface area is 292 Å². The quantitative estimate of drug-likeness (QED) is 0.214. The molecule has 4 fully saturated rings. The highest BCUT2D eigenvalue weighted by Crippen LogP contribution is 2.44. The minimum atomic E-state index is -2.24. The van der Waals surface area contributed by atoms with Crippen LogP contribution in [0.2, 0.25) is 28.4 Å². The molecular weight excluding hydrogens is 681 g/mol. The number of amides is 1. The molecule has 2 aromatic rings. The number of hydrogen-bond donors (Lipinski definition) is 0. The number of hydrogen-bond acceptors (Lipinski definition) is 9. The molecule has 0 aliphatic carbocycles. The minimum absolute atomic E-state index is 0.0411.